The van der Waals surface area contributed by atoms with Crippen LogP contribution in [-0.2, 0) is 0 Å². The van der Waals surface area contributed by atoms with Crippen molar-refractivity contribution in [1.82, 2.24) is 0 Å². The molecule has 0 saturated carbocycles. The van der Waals surface area contributed by atoms with Gasteiger partial charge >= 0.3 is 0 Å². The van der Waals surface area contributed by atoms with E-state index >= 15 is 0 Å². The molecule has 0 radical (unpaired) electrons. The third-order valence-electron chi connectivity index (χ3n) is 2.18. The van der Waals surface area contributed by atoms with Gasteiger partial charge < -0.3 is 5.11 Å². The van der Waals surface area contributed by atoms with E-state index in [2.05, 4.69) is 38.4 Å². The Balaban J connectivity index is 4.59. The average Bonchev–Trinajstić information content (AvgIpc) is 1.93. The summed E-state index contributed by atoms with van der Waals surface area (Å²) in [7, 11) is -1.19. The summed E-state index contributed by atoms with van der Waals surface area (Å²) in [6.45, 7) is 12.7. The summed E-state index contributed by atoms with van der Waals surface area (Å²) in [6.07, 6.45) is 2.34. The largest absolute Gasteiger partial charge is 0.378 e. The van der Waals surface area contributed by atoms with Gasteiger partial charge in [-0.3, -0.25) is 0 Å². The molecule has 0 bridgehead atoms. The van der Waals surface area contributed by atoms with Gasteiger partial charge in [0.25, 0.3) is 0 Å². The van der Waals surface area contributed by atoms with Crippen LogP contribution in [0.4, 0.5) is 0 Å². The number of hydrogen-bond donors (Lipinski definition) is 1. The molecule has 1 nitrogen and oxygen atoms in total. The van der Waals surface area contributed by atoms with E-state index in [9.17, 15) is 5.11 Å². The minimum atomic E-state index is -1.19. The first-order chi connectivity index (χ1) is 6.17. The molecule has 0 fully saturated rings. The van der Waals surface area contributed by atoms with Crippen molar-refractivity contribution in [3.05, 3.63) is 0 Å². The lowest BCUT2D eigenvalue weighted by Gasteiger charge is -2.24. The van der Waals surface area contributed by atoms with Gasteiger partial charge in [-0.2, -0.15) is 0 Å². The molecule has 14 heavy (non-hydrogen) atoms. The highest BCUT2D eigenvalue weighted by Crippen LogP contribution is 2.26. The zero-order valence-corrected chi connectivity index (χ0v) is 11.4. The zero-order chi connectivity index (χ0) is 11.4. The Morgan fingerprint density at radius 3 is 2.07 bits per heavy atom. The first-order valence-corrected chi connectivity index (χ1v) is 8.99. The van der Waals surface area contributed by atoms with Crippen molar-refractivity contribution in [2.24, 2.45) is 0 Å². The van der Waals surface area contributed by atoms with Crippen molar-refractivity contribution >= 4 is 8.07 Å². The van der Waals surface area contributed by atoms with E-state index in [0.29, 0.717) is 5.54 Å². The van der Waals surface area contributed by atoms with Crippen LogP contribution in [0, 0.1) is 11.8 Å². The van der Waals surface area contributed by atoms with E-state index < -0.39 is 13.7 Å². The summed E-state index contributed by atoms with van der Waals surface area (Å²) >= 11 is 0. The molecule has 0 amide bonds. The van der Waals surface area contributed by atoms with Crippen molar-refractivity contribution in [3.8, 4) is 11.8 Å². The van der Waals surface area contributed by atoms with E-state index in [1.54, 1.807) is 13.8 Å². The maximum atomic E-state index is 9.54. The van der Waals surface area contributed by atoms with Gasteiger partial charge in [0.1, 0.15) is 5.60 Å². The summed E-state index contributed by atoms with van der Waals surface area (Å²) in [5, 5.41) is 9.54. The molecule has 0 aliphatic rings. The Morgan fingerprint density at radius 1 is 1.29 bits per heavy atom. The van der Waals surface area contributed by atoms with Crippen molar-refractivity contribution < 1.29 is 5.11 Å². The van der Waals surface area contributed by atoms with E-state index in [0.717, 1.165) is 0 Å². The minimum Gasteiger partial charge on any atom is -0.378 e. The molecule has 0 heterocycles. The highest BCUT2D eigenvalue weighted by Gasteiger charge is 2.24. The summed E-state index contributed by atoms with van der Waals surface area (Å²) in [6, 6.07) is 0. The molecular formula is C12H24OSi. The first kappa shape index (κ1) is 13.7. The normalized spacial score (nSPS) is 14.5. The first-order valence-electron chi connectivity index (χ1n) is 5.42. The van der Waals surface area contributed by atoms with Crippen LogP contribution >= 0.6 is 0 Å². The van der Waals surface area contributed by atoms with E-state index in [1.165, 1.54) is 12.8 Å². The van der Waals surface area contributed by atoms with Gasteiger partial charge in [0, 0.05) is 5.54 Å². The van der Waals surface area contributed by atoms with Crippen molar-refractivity contribution in [2.45, 2.75) is 64.4 Å². The predicted molar refractivity (Wildman–Crippen MR) is 66.1 cm³/mol. The van der Waals surface area contributed by atoms with E-state index in [1.807, 2.05) is 0 Å². The fourth-order valence-corrected chi connectivity index (χ4v) is 2.93. The summed E-state index contributed by atoms with van der Waals surface area (Å²) in [5.41, 5.74) is -0.329. The standard InChI is InChI=1S/C12H24OSi/c1-7-8-11(14(4,5)6)9-10-12(2,3)13/h11,13H,7-8H2,1-6H3. The van der Waals surface area contributed by atoms with E-state index in [-0.39, 0.29) is 0 Å². The average molecular weight is 212 g/mol. The molecule has 0 aromatic heterocycles. The van der Waals surface area contributed by atoms with Crippen molar-refractivity contribution in [2.75, 3.05) is 0 Å². The van der Waals surface area contributed by atoms with Gasteiger partial charge in [0.15, 0.2) is 0 Å². The van der Waals surface area contributed by atoms with Gasteiger partial charge in [-0.1, -0.05) is 38.9 Å². The van der Waals surface area contributed by atoms with Crippen molar-refractivity contribution in [1.29, 1.82) is 0 Å². The topological polar surface area (TPSA) is 20.2 Å². The quantitative estimate of drug-likeness (QED) is 0.562. The fourth-order valence-electron chi connectivity index (χ4n) is 1.27. The van der Waals surface area contributed by atoms with Crippen LogP contribution in [0.25, 0.3) is 0 Å². The number of hydrogen-bond acceptors (Lipinski definition) is 1. The highest BCUT2D eigenvalue weighted by molar-refractivity contribution is 6.78. The third-order valence-corrected chi connectivity index (χ3v) is 4.70. The second-order valence-electron chi connectivity index (χ2n) is 5.54. The Kier molecular flexibility index (Phi) is 4.90. The van der Waals surface area contributed by atoms with Gasteiger partial charge in [-0.25, -0.2) is 0 Å². The summed E-state index contributed by atoms with van der Waals surface area (Å²) in [4.78, 5) is 0. The molecule has 0 aliphatic carbocycles. The second-order valence-corrected chi connectivity index (χ2v) is 11.0. The molecule has 0 saturated heterocycles. The maximum Gasteiger partial charge on any atom is 0.119 e. The lowest BCUT2D eigenvalue weighted by molar-refractivity contribution is 0.143. The highest BCUT2D eigenvalue weighted by atomic mass is 28.3. The molecule has 0 spiro atoms. The molecule has 82 valence electrons. The van der Waals surface area contributed by atoms with E-state index in [4.69, 9.17) is 0 Å². The monoisotopic (exact) mass is 212 g/mol. The molecule has 1 atom stereocenters. The van der Waals surface area contributed by atoms with Crippen LogP contribution in [0.15, 0.2) is 0 Å². The SMILES string of the molecule is CCCC(C#CC(C)(C)O)[Si](C)(C)C. The molecule has 1 unspecified atom stereocenters. The van der Waals surface area contributed by atoms with Crippen LogP contribution in [0.5, 0.6) is 0 Å². The molecule has 0 aromatic carbocycles. The number of aliphatic hydroxyl groups is 1. The molecule has 2 heteroatoms. The summed E-state index contributed by atoms with van der Waals surface area (Å²) in [5.74, 6) is 6.22. The van der Waals surface area contributed by atoms with Crippen LogP contribution in [0.3, 0.4) is 0 Å². The second kappa shape index (κ2) is 5.00. The smallest absolute Gasteiger partial charge is 0.119 e. The molecule has 0 aliphatic heterocycles. The van der Waals surface area contributed by atoms with Crippen LogP contribution in [-0.4, -0.2) is 18.8 Å². The molecule has 1 N–H and O–H groups in total. The lowest BCUT2D eigenvalue weighted by Crippen LogP contribution is -2.27. The van der Waals surface area contributed by atoms with Crippen LogP contribution in [0.1, 0.15) is 33.6 Å². The maximum absolute atomic E-state index is 9.54. The fraction of sp³-hybridized carbons (Fsp3) is 0.833. The lowest BCUT2D eigenvalue weighted by atomic mass is 10.1. The Labute approximate surface area is 89.9 Å². The third kappa shape index (κ3) is 6.23. The van der Waals surface area contributed by atoms with Gasteiger partial charge in [0.2, 0.25) is 0 Å². The Bertz CT molecular complexity index is 221. The number of rotatable bonds is 3. The molecule has 0 rings (SSSR count). The Hall–Kier alpha value is -0.263. The van der Waals surface area contributed by atoms with Crippen LogP contribution < -0.4 is 0 Å². The molecule has 0 aromatic rings. The van der Waals surface area contributed by atoms with Crippen LogP contribution in [0.2, 0.25) is 25.2 Å². The zero-order valence-electron chi connectivity index (χ0n) is 10.4. The van der Waals surface area contributed by atoms with Gasteiger partial charge in [-0.05, 0) is 20.3 Å². The summed E-state index contributed by atoms with van der Waals surface area (Å²) < 4.78 is 0. The Morgan fingerprint density at radius 2 is 1.79 bits per heavy atom. The predicted octanol–water partition coefficient (Wildman–Crippen LogP) is 3.27. The van der Waals surface area contributed by atoms with Gasteiger partial charge in [-0.15, -0.1) is 5.92 Å². The van der Waals surface area contributed by atoms with Gasteiger partial charge in [0.05, 0.1) is 8.07 Å². The van der Waals surface area contributed by atoms with Crippen molar-refractivity contribution in [3.63, 3.8) is 0 Å². The minimum absolute atomic E-state index is 0.513. The molecular weight excluding hydrogens is 188 g/mol.